The van der Waals surface area contributed by atoms with Crippen molar-refractivity contribution in [1.29, 1.82) is 5.26 Å². The van der Waals surface area contributed by atoms with Crippen LogP contribution in [0.5, 0.6) is 0 Å². The standard InChI is InChI=1S/C11H10ClN3O/c1-7(14)8(6-13)11(16)15-10-5-3-2-4-9(10)12/h2-5H,14H2,1H3,(H,15,16)/b8-7-. The Morgan fingerprint density at radius 3 is 2.62 bits per heavy atom. The summed E-state index contributed by atoms with van der Waals surface area (Å²) in [5.74, 6) is -0.560. The maximum absolute atomic E-state index is 11.6. The number of allylic oxidation sites excluding steroid dienone is 1. The van der Waals surface area contributed by atoms with E-state index in [4.69, 9.17) is 22.6 Å². The molecule has 0 heterocycles. The highest BCUT2D eigenvalue weighted by molar-refractivity contribution is 6.33. The van der Waals surface area contributed by atoms with E-state index in [9.17, 15) is 4.79 Å². The van der Waals surface area contributed by atoms with Gasteiger partial charge >= 0.3 is 0 Å². The molecule has 0 fully saturated rings. The molecule has 0 saturated heterocycles. The number of nitrogens with one attached hydrogen (secondary N) is 1. The van der Waals surface area contributed by atoms with Crippen LogP contribution in [0.25, 0.3) is 0 Å². The summed E-state index contributed by atoms with van der Waals surface area (Å²) >= 11 is 5.85. The molecule has 3 N–H and O–H groups in total. The molecule has 0 aliphatic rings. The Kier molecular flexibility index (Phi) is 3.92. The molecule has 0 spiro atoms. The first-order valence-electron chi connectivity index (χ1n) is 4.48. The van der Waals surface area contributed by atoms with E-state index < -0.39 is 5.91 Å². The minimum atomic E-state index is -0.560. The fourth-order valence-corrected chi connectivity index (χ4v) is 1.25. The lowest BCUT2D eigenvalue weighted by molar-refractivity contribution is -0.112. The van der Waals surface area contributed by atoms with Crippen molar-refractivity contribution in [2.24, 2.45) is 5.73 Å². The molecule has 82 valence electrons. The van der Waals surface area contributed by atoms with Crippen molar-refractivity contribution < 1.29 is 4.79 Å². The summed E-state index contributed by atoms with van der Waals surface area (Å²) in [5.41, 5.74) is 5.91. The summed E-state index contributed by atoms with van der Waals surface area (Å²) in [6.45, 7) is 1.49. The number of nitrogens with two attached hydrogens (primary N) is 1. The van der Waals surface area contributed by atoms with Crippen LogP contribution in [-0.4, -0.2) is 5.91 Å². The van der Waals surface area contributed by atoms with Crippen molar-refractivity contribution in [3.05, 3.63) is 40.6 Å². The molecular formula is C11H10ClN3O. The average Bonchev–Trinajstić information content (AvgIpc) is 2.22. The fourth-order valence-electron chi connectivity index (χ4n) is 1.07. The van der Waals surface area contributed by atoms with Crippen molar-refractivity contribution in [2.75, 3.05) is 5.32 Å². The van der Waals surface area contributed by atoms with Gasteiger partial charge in [0.2, 0.25) is 0 Å². The second-order valence-electron chi connectivity index (χ2n) is 3.10. The second kappa shape index (κ2) is 5.19. The number of rotatable bonds is 2. The number of anilines is 1. The highest BCUT2D eigenvalue weighted by atomic mass is 35.5. The molecule has 0 bridgehead atoms. The Balaban J connectivity index is 2.93. The van der Waals surface area contributed by atoms with Gasteiger partial charge in [0.25, 0.3) is 5.91 Å². The van der Waals surface area contributed by atoms with Gasteiger partial charge in [0.15, 0.2) is 0 Å². The predicted octanol–water partition coefficient (Wildman–Crippen LogP) is 2.03. The maximum Gasteiger partial charge on any atom is 0.268 e. The number of carbonyl (C=O) groups excluding carboxylic acids is 1. The number of amides is 1. The van der Waals surface area contributed by atoms with Crippen molar-refractivity contribution >= 4 is 23.2 Å². The number of nitrogens with zero attached hydrogens (tertiary/aromatic N) is 1. The summed E-state index contributed by atoms with van der Waals surface area (Å²) in [6.07, 6.45) is 0. The van der Waals surface area contributed by atoms with Gasteiger partial charge in [-0.05, 0) is 19.1 Å². The van der Waals surface area contributed by atoms with Gasteiger partial charge < -0.3 is 11.1 Å². The van der Waals surface area contributed by atoms with E-state index in [1.165, 1.54) is 6.92 Å². The van der Waals surface area contributed by atoms with Gasteiger partial charge in [0, 0.05) is 5.70 Å². The summed E-state index contributed by atoms with van der Waals surface area (Å²) in [6, 6.07) is 8.49. The van der Waals surface area contributed by atoms with Gasteiger partial charge in [-0.15, -0.1) is 0 Å². The van der Waals surface area contributed by atoms with Crippen molar-refractivity contribution in [3.8, 4) is 6.07 Å². The fraction of sp³-hybridized carbons (Fsp3) is 0.0909. The quantitative estimate of drug-likeness (QED) is 0.608. The van der Waals surface area contributed by atoms with E-state index in [-0.39, 0.29) is 11.3 Å². The number of benzene rings is 1. The minimum Gasteiger partial charge on any atom is -0.401 e. The molecule has 16 heavy (non-hydrogen) atoms. The van der Waals surface area contributed by atoms with Gasteiger partial charge in [0.05, 0.1) is 10.7 Å². The topological polar surface area (TPSA) is 78.9 Å². The third-order valence-electron chi connectivity index (χ3n) is 1.86. The monoisotopic (exact) mass is 235 g/mol. The second-order valence-corrected chi connectivity index (χ2v) is 3.51. The van der Waals surface area contributed by atoms with Crippen molar-refractivity contribution in [3.63, 3.8) is 0 Å². The Morgan fingerprint density at radius 2 is 2.12 bits per heavy atom. The Morgan fingerprint density at radius 1 is 1.50 bits per heavy atom. The van der Waals surface area contributed by atoms with Gasteiger partial charge in [-0.3, -0.25) is 4.79 Å². The molecule has 5 heteroatoms. The van der Waals surface area contributed by atoms with E-state index in [1.54, 1.807) is 30.3 Å². The normalized spacial score (nSPS) is 11.3. The summed E-state index contributed by atoms with van der Waals surface area (Å²) in [4.78, 5) is 11.6. The smallest absolute Gasteiger partial charge is 0.268 e. The molecule has 1 rings (SSSR count). The largest absolute Gasteiger partial charge is 0.401 e. The third kappa shape index (κ3) is 2.75. The van der Waals surface area contributed by atoms with E-state index in [0.29, 0.717) is 10.7 Å². The summed E-state index contributed by atoms with van der Waals surface area (Å²) < 4.78 is 0. The molecule has 1 aromatic carbocycles. The lowest BCUT2D eigenvalue weighted by atomic mass is 10.2. The van der Waals surface area contributed by atoms with Crippen LogP contribution in [0.2, 0.25) is 5.02 Å². The van der Waals surface area contributed by atoms with Crippen molar-refractivity contribution in [1.82, 2.24) is 0 Å². The molecule has 0 unspecified atom stereocenters. The molecule has 0 aliphatic heterocycles. The zero-order chi connectivity index (χ0) is 12.1. The lowest BCUT2D eigenvalue weighted by Gasteiger charge is -2.06. The van der Waals surface area contributed by atoms with Crippen LogP contribution in [-0.2, 0) is 4.79 Å². The van der Waals surface area contributed by atoms with E-state index in [1.807, 2.05) is 0 Å². The average molecular weight is 236 g/mol. The van der Waals surface area contributed by atoms with Gasteiger partial charge in [-0.2, -0.15) is 5.26 Å². The Hall–Kier alpha value is -1.99. The van der Waals surface area contributed by atoms with Crippen LogP contribution < -0.4 is 11.1 Å². The molecule has 1 aromatic rings. The van der Waals surface area contributed by atoms with Crippen LogP contribution in [0.1, 0.15) is 6.92 Å². The zero-order valence-corrected chi connectivity index (χ0v) is 9.38. The number of nitriles is 1. The minimum absolute atomic E-state index is 0.111. The van der Waals surface area contributed by atoms with Gasteiger partial charge in [-0.1, -0.05) is 23.7 Å². The Bertz CT molecular complexity index is 484. The van der Waals surface area contributed by atoms with Crippen LogP contribution in [0.15, 0.2) is 35.5 Å². The first kappa shape index (κ1) is 12.1. The van der Waals surface area contributed by atoms with E-state index >= 15 is 0 Å². The number of halogens is 1. The van der Waals surface area contributed by atoms with E-state index in [0.717, 1.165) is 0 Å². The highest BCUT2D eigenvalue weighted by Gasteiger charge is 2.12. The molecule has 0 radical (unpaired) electrons. The summed E-state index contributed by atoms with van der Waals surface area (Å²) in [5, 5.41) is 11.6. The van der Waals surface area contributed by atoms with Crippen LogP contribution >= 0.6 is 11.6 Å². The molecule has 4 nitrogen and oxygen atoms in total. The Labute approximate surface area is 98.3 Å². The number of hydrogen-bond donors (Lipinski definition) is 2. The number of para-hydroxylation sites is 1. The molecule has 1 amide bonds. The van der Waals surface area contributed by atoms with Gasteiger partial charge in [0.1, 0.15) is 11.6 Å². The molecular weight excluding hydrogens is 226 g/mol. The number of hydrogen-bond acceptors (Lipinski definition) is 3. The van der Waals surface area contributed by atoms with Crippen LogP contribution in [0.4, 0.5) is 5.69 Å². The molecule has 0 aliphatic carbocycles. The third-order valence-corrected chi connectivity index (χ3v) is 2.18. The first-order valence-corrected chi connectivity index (χ1v) is 4.86. The van der Waals surface area contributed by atoms with Crippen molar-refractivity contribution in [2.45, 2.75) is 6.92 Å². The maximum atomic E-state index is 11.6. The van der Waals surface area contributed by atoms with Crippen LogP contribution in [0, 0.1) is 11.3 Å². The molecule has 0 saturated carbocycles. The van der Waals surface area contributed by atoms with E-state index in [2.05, 4.69) is 5.32 Å². The first-order chi connectivity index (χ1) is 7.56. The van der Waals surface area contributed by atoms with Crippen LogP contribution in [0.3, 0.4) is 0 Å². The molecule has 0 aromatic heterocycles. The molecule has 0 atom stereocenters. The zero-order valence-electron chi connectivity index (χ0n) is 8.62. The SMILES string of the molecule is C/C(N)=C(\C#N)C(=O)Nc1ccccc1Cl. The van der Waals surface area contributed by atoms with Gasteiger partial charge in [-0.25, -0.2) is 0 Å². The number of carbonyl (C=O) groups is 1. The predicted molar refractivity (Wildman–Crippen MR) is 62.6 cm³/mol. The summed E-state index contributed by atoms with van der Waals surface area (Å²) in [7, 11) is 0. The lowest BCUT2D eigenvalue weighted by Crippen LogP contribution is -2.17. The highest BCUT2D eigenvalue weighted by Crippen LogP contribution is 2.21.